The first-order chi connectivity index (χ1) is 6.34. The minimum Gasteiger partial charge on any atom is -0.310 e. The monoisotopic (exact) mass is 177 g/mol. The van der Waals surface area contributed by atoms with E-state index in [0.717, 1.165) is 12.1 Å². The van der Waals surface area contributed by atoms with Gasteiger partial charge in [0.2, 0.25) is 0 Å². The fourth-order valence-electron chi connectivity index (χ4n) is 1.20. The smallest absolute Gasteiger partial charge is 0.0989 e. The van der Waals surface area contributed by atoms with Gasteiger partial charge in [-0.05, 0) is 6.42 Å². The zero-order chi connectivity index (χ0) is 9.52. The largest absolute Gasteiger partial charge is 0.310 e. The Kier molecular flexibility index (Phi) is 4.30. The highest BCUT2D eigenvalue weighted by Crippen LogP contribution is 2.11. The average Bonchev–Trinajstić information content (AvgIpc) is 2.65. The van der Waals surface area contributed by atoms with Gasteiger partial charge in [-0.1, -0.05) is 32.8 Å². The number of rotatable bonds is 6. The van der Waals surface area contributed by atoms with Crippen LogP contribution in [0, 0.1) is 6.42 Å². The van der Waals surface area contributed by atoms with Crippen LogP contribution in [0.5, 0.6) is 0 Å². The van der Waals surface area contributed by atoms with E-state index in [-0.39, 0.29) is 0 Å². The molecule has 0 N–H and O–H groups in total. The zero-order valence-corrected chi connectivity index (χ0v) is 8.24. The van der Waals surface area contributed by atoms with Crippen molar-refractivity contribution in [3.63, 3.8) is 0 Å². The molecule has 0 fully saturated rings. The topological polar surface area (TPSA) is 17.8 Å². The molecule has 0 atom stereocenters. The molecule has 13 heavy (non-hydrogen) atoms. The van der Waals surface area contributed by atoms with Gasteiger partial charge in [0.15, 0.2) is 0 Å². The predicted molar refractivity (Wildman–Crippen MR) is 56.0 cm³/mol. The molecule has 0 spiro atoms. The van der Waals surface area contributed by atoms with Crippen LogP contribution in [0.4, 0.5) is 0 Å². The Bertz CT molecular complexity index is 237. The van der Waals surface area contributed by atoms with Gasteiger partial charge in [0.05, 0.1) is 6.33 Å². The van der Waals surface area contributed by atoms with E-state index in [1.807, 2.05) is 10.8 Å². The van der Waals surface area contributed by atoms with Gasteiger partial charge in [-0.2, -0.15) is 0 Å². The maximum absolute atomic E-state index is 3.97. The molecule has 2 nitrogen and oxygen atoms in total. The molecule has 0 saturated carbocycles. The van der Waals surface area contributed by atoms with Crippen LogP contribution in [0.25, 0.3) is 5.70 Å². The third kappa shape index (κ3) is 3.45. The lowest BCUT2D eigenvalue weighted by atomic mass is 10.1. The van der Waals surface area contributed by atoms with Gasteiger partial charge in [-0.25, -0.2) is 4.98 Å². The number of unbranched alkanes of at least 4 members (excludes halogenated alkanes) is 3. The van der Waals surface area contributed by atoms with Crippen LogP contribution in [0.1, 0.15) is 32.6 Å². The minimum absolute atomic E-state index is 1.02. The number of hydrogen-bond donors (Lipinski definition) is 0. The van der Waals surface area contributed by atoms with Crippen molar-refractivity contribution < 1.29 is 0 Å². The fraction of sp³-hybridized carbons (Fsp3) is 0.455. The van der Waals surface area contributed by atoms with Crippen molar-refractivity contribution in [3.8, 4) is 0 Å². The van der Waals surface area contributed by atoms with Gasteiger partial charge >= 0.3 is 0 Å². The first kappa shape index (κ1) is 10.0. The molecule has 0 amide bonds. The predicted octanol–water partition coefficient (Wildman–Crippen LogP) is 3.14. The lowest BCUT2D eigenvalue weighted by Crippen LogP contribution is -1.92. The van der Waals surface area contributed by atoms with E-state index in [4.69, 9.17) is 0 Å². The lowest BCUT2D eigenvalue weighted by Gasteiger charge is -2.04. The maximum atomic E-state index is 3.97. The molecule has 0 saturated heterocycles. The molecule has 0 aliphatic carbocycles. The fourth-order valence-corrected chi connectivity index (χ4v) is 1.20. The Labute approximate surface area is 80.3 Å². The molecule has 0 aliphatic rings. The second kappa shape index (κ2) is 5.57. The third-order valence-corrected chi connectivity index (χ3v) is 2.02. The molecule has 0 unspecified atom stereocenters. The normalized spacial score (nSPS) is 10.2. The molecule has 0 bridgehead atoms. The highest BCUT2D eigenvalue weighted by molar-refractivity contribution is 5.49. The average molecular weight is 177 g/mol. The maximum Gasteiger partial charge on any atom is 0.0989 e. The molecule has 1 rings (SSSR count). The van der Waals surface area contributed by atoms with Crippen molar-refractivity contribution >= 4 is 5.70 Å². The summed E-state index contributed by atoms with van der Waals surface area (Å²) >= 11 is 0. The summed E-state index contributed by atoms with van der Waals surface area (Å²) in [7, 11) is 0. The summed E-state index contributed by atoms with van der Waals surface area (Å²) in [6, 6.07) is 0. The molecule has 1 aromatic heterocycles. The number of nitrogens with zero attached hydrogens (tertiary/aromatic N) is 2. The van der Waals surface area contributed by atoms with E-state index < -0.39 is 0 Å². The second-order valence-corrected chi connectivity index (χ2v) is 3.16. The van der Waals surface area contributed by atoms with E-state index >= 15 is 0 Å². The molecule has 71 valence electrons. The van der Waals surface area contributed by atoms with Crippen molar-refractivity contribution in [2.24, 2.45) is 0 Å². The van der Waals surface area contributed by atoms with Crippen molar-refractivity contribution in [1.29, 1.82) is 0 Å². The summed E-state index contributed by atoms with van der Waals surface area (Å²) in [5.41, 5.74) is 1.02. The van der Waals surface area contributed by atoms with Gasteiger partial charge in [0, 0.05) is 24.5 Å². The minimum atomic E-state index is 1.02. The van der Waals surface area contributed by atoms with E-state index in [1.165, 1.54) is 19.3 Å². The Hall–Kier alpha value is -1.05. The van der Waals surface area contributed by atoms with Gasteiger partial charge in [-0.3, -0.25) is 0 Å². The third-order valence-electron chi connectivity index (χ3n) is 2.02. The number of allylic oxidation sites excluding steroid dienone is 1. The highest BCUT2D eigenvalue weighted by atomic mass is 15.0. The first-order valence-electron chi connectivity index (χ1n) is 4.85. The molecule has 1 aromatic rings. The summed E-state index contributed by atoms with van der Waals surface area (Å²) < 4.78 is 1.94. The quantitative estimate of drug-likeness (QED) is 0.610. The molecule has 0 aliphatic heterocycles. The molecular weight excluding hydrogens is 160 g/mol. The lowest BCUT2D eigenvalue weighted by molar-refractivity contribution is 0.716. The van der Waals surface area contributed by atoms with Crippen molar-refractivity contribution in [3.05, 3.63) is 31.7 Å². The van der Waals surface area contributed by atoms with Crippen LogP contribution in [0.3, 0.4) is 0 Å². The zero-order valence-electron chi connectivity index (χ0n) is 8.24. The molecule has 1 radical (unpaired) electrons. The van der Waals surface area contributed by atoms with E-state index in [1.54, 1.807) is 12.5 Å². The van der Waals surface area contributed by atoms with E-state index in [2.05, 4.69) is 24.9 Å². The highest BCUT2D eigenvalue weighted by Gasteiger charge is 1.96. The summed E-state index contributed by atoms with van der Waals surface area (Å²) in [6.45, 7) is 6.18. The van der Waals surface area contributed by atoms with Crippen LogP contribution >= 0.6 is 0 Å². The van der Waals surface area contributed by atoms with E-state index in [0.29, 0.717) is 0 Å². The van der Waals surface area contributed by atoms with Crippen LogP contribution in [-0.2, 0) is 0 Å². The second-order valence-electron chi connectivity index (χ2n) is 3.16. The Morgan fingerprint density at radius 3 is 3.00 bits per heavy atom. The van der Waals surface area contributed by atoms with Crippen molar-refractivity contribution in [1.82, 2.24) is 9.55 Å². The summed E-state index contributed by atoms with van der Waals surface area (Å²) in [4.78, 5) is 3.97. The van der Waals surface area contributed by atoms with Crippen LogP contribution in [0.15, 0.2) is 25.3 Å². The van der Waals surface area contributed by atoms with Gasteiger partial charge in [-0.15, -0.1) is 0 Å². The summed E-state index contributed by atoms with van der Waals surface area (Å²) in [6.07, 6.45) is 12.6. The van der Waals surface area contributed by atoms with Gasteiger partial charge < -0.3 is 4.57 Å². The number of imidazole rings is 1. The molecule has 2 heteroatoms. The Balaban J connectivity index is 2.19. The van der Waals surface area contributed by atoms with Gasteiger partial charge in [0.1, 0.15) is 0 Å². The first-order valence-corrected chi connectivity index (χ1v) is 4.85. The van der Waals surface area contributed by atoms with Crippen molar-refractivity contribution in [2.45, 2.75) is 32.6 Å². The number of aromatic nitrogens is 2. The van der Waals surface area contributed by atoms with Gasteiger partial charge in [0.25, 0.3) is 0 Å². The SMILES string of the molecule is C=C([CH]CCCCC)n1ccnc1. The van der Waals surface area contributed by atoms with Crippen molar-refractivity contribution in [2.75, 3.05) is 0 Å². The van der Waals surface area contributed by atoms with Crippen LogP contribution < -0.4 is 0 Å². The van der Waals surface area contributed by atoms with E-state index in [9.17, 15) is 0 Å². The van der Waals surface area contributed by atoms with Crippen LogP contribution in [-0.4, -0.2) is 9.55 Å². The Morgan fingerprint density at radius 2 is 2.38 bits per heavy atom. The Morgan fingerprint density at radius 1 is 1.54 bits per heavy atom. The van der Waals surface area contributed by atoms with Crippen LogP contribution in [0.2, 0.25) is 0 Å². The standard InChI is InChI=1S/C11H17N2/c1-3-4-5-6-7-11(2)13-9-8-12-10-13/h7-10H,2-6H2,1H3. The number of hydrogen-bond acceptors (Lipinski definition) is 1. The molecule has 1 heterocycles. The summed E-state index contributed by atoms with van der Waals surface area (Å²) in [5.74, 6) is 0. The molecule has 0 aromatic carbocycles. The summed E-state index contributed by atoms with van der Waals surface area (Å²) in [5, 5.41) is 0. The molecular formula is C11H17N2.